The molecule has 2 aromatic heterocycles. The highest BCUT2D eigenvalue weighted by molar-refractivity contribution is 5.85. The van der Waals surface area contributed by atoms with Gasteiger partial charge in [-0.2, -0.15) is 0 Å². The smallest absolute Gasteiger partial charge is 0.248 e. The topological polar surface area (TPSA) is 73.9 Å². The molecule has 2 heterocycles. The molecule has 4 rings (SSSR count). The second-order valence-corrected chi connectivity index (χ2v) is 6.36. The Morgan fingerprint density at radius 3 is 2.63 bits per heavy atom. The summed E-state index contributed by atoms with van der Waals surface area (Å²) in [5, 5.41) is 4.30. The van der Waals surface area contributed by atoms with Gasteiger partial charge in [0.15, 0.2) is 0 Å². The SMILES string of the molecule is Cc1cc(=O)[nH]c2cc(Nc3cc(N(C)c4ccccc4)ncn3)ccc12. The number of pyridine rings is 1. The lowest BCUT2D eigenvalue weighted by Gasteiger charge is -2.18. The highest BCUT2D eigenvalue weighted by Crippen LogP contribution is 2.25. The lowest BCUT2D eigenvalue weighted by atomic mass is 10.1. The molecule has 0 saturated carbocycles. The van der Waals surface area contributed by atoms with Crippen molar-refractivity contribution in [2.45, 2.75) is 6.92 Å². The molecule has 0 unspecified atom stereocenters. The minimum absolute atomic E-state index is 0.106. The van der Waals surface area contributed by atoms with Crippen LogP contribution in [-0.4, -0.2) is 22.0 Å². The zero-order valence-electron chi connectivity index (χ0n) is 15.1. The predicted molar refractivity (Wildman–Crippen MR) is 109 cm³/mol. The van der Waals surface area contributed by atoms with Gasteiger partial charge in [0.25, 0.3) is 0 Å². The molecule has 0 aliphatic heterocycles. The summed E-state index contributed by atoms with van der Waals surface area (Å²) in [6.45, 7) is 1.93. The van der Waals surface area contributed by atoms with Gasteiger partial charge in [0, 0.05) is 35.9 Å². The fraction of sp³-hybridized carbons (Fsp3) is 0.0952. The summed E-state index contributed by atoms with van der Waals surface area (Å²) in [6, 6.07) is 19.4. The van der Waals surface area contributed by atoms with E-state index in [0.717, 1.165) is 33.7 Å². The van der Waals surface area contributed by atoms with Crippen molar-refractivity contribution in [1.29, 1.82) is 0 Å². The molecule has 6 nitrogen and oxygen atoms in total. The van der Waals surface area contributed by atoms with Crippen LogP contribution in [0.4, 0.5) is 23.0 Å². The van der Waals surface area contributed by atoms with Gasteiger partial charge in [0.2, 0.25) is 5.56 Å². The summed E-state index contributed by atoms with van der Waals surface area (Å²) in [4.78, 5) is 25.3. The highest BCUT2D eigenvalue weighted by atomic mass is 16.1. The maximum Gasteiger partial charge on any atom is 0.248 e. The largest absolute Gasteiger partial charge is 0.340 e. The Kier molecular flexibility index (Phi) is 4.30. The van der Waals surface area contributed by atoms with Crippen molar-refractivity contribution in [1.82, 2.24) is 15.0 Å². The molecule has 4 aromatic rings. The van der Waals surface area contributed by atoms with E-state index in [1.54, 1.807) is 6.07 Å². The van der Waals surface area contributed by atoms with Crippen molar-refractivity contribution >= 4 is 33.9 Å². The van der Waals surface area contributed by atoms with E-state index in [0.29, 0.717) is 5.82 Å². The molecule has 0 atom stereocenters. The number of rotatable bonds is 4. The first-order chi connectivity index (χ1) is 13.1. The normalized spacial score (nSPS) is 10.7. The van der Waals surface area contributed by atoms with Crippen molar-refractivity contribution < 1.29 is 0 Å². The molecule has 0 fully saturated rings. The van der Waals surface area contributed by atoms with Crippen molar-refractivity contribution in [3.63, 3.8) is 0 Å². The summed E-state index contributed by atoms with van der Waals surface area (Å²) >= 11 is 0. The first-order valence-electron chi connectivity index (χ1n) is 8.62. The van der Waals surface area contributed by atoms with E-state index >= 15 is 0 Å². The number of aromatic amines is 1. The zero-order chi connectivity index (χ0) is 18.8. The van der Waals surface area contributed by atoms with Crippen LogP contribution >= 0.6 is 0 Å². The first-order valence-corrected chi connectivity index (χ1v) is 8.62. The van der Waals surface area contributed by atoms with Crippen molar-refractivity contribution in [2.75, 3.05) is 17.3 Å². The van der Waals surface area contributed by atoms with Gasteiger partial charge in [-0.05, 0) is 36.8 Å². The molecular weight excluding hydrogens is 338 g/mol. The van der Waals surface area contributed by atoms with Crippen LogP contribution in [0.1, 0.15) is 5.56 Å². The van der Waals surface area contributed by atoms with Gasteiger partial charge in [-0.1, -0.05) is 24.3 Å². The molecular formula is C21H19N5O. The summed E-state index contributed by atoms with van der Waals surface area (Å²) in [6.07, 6.45) is 1.53. The predicted octanol–water partition coefficient (Wildman–Crippen LogP) is 4.14. The third kappa shape index (κ3) is 3.50. The lowest BCUT2D eigenvalue weighted by Crippen LogP contribution is -2.11. The lowest BCUT2D eigenvalue weighted by molar-refractivity contribution is 1.08. The second kappa shape index (κ2) is 6.92. The van der Waals surface area contributed by atoms with Crippen LogP contribution < -0.4 is 15.8 Å². The average molecular weight is 357 g/mol. The van der Waals surface area contributed by atoms with Crippen LogP contribution in [0.25, 0.3) is 10.9 Å². The van der Waals surface area contributed by atoms with Gasteiger partial charge in [-0.15, -0.1) is 0 Å². The molecule has 27 heavy (non-hydrogen) atoms. The molecule has 0 bridgehead atoms. The Hall–Kier alpha value is -3.67. The molecule has 0 aliphatic rings. The minimum atomic E-state index is -0.106. The van der Waals surface area contributed by atoms with E-state index in [9.17, 15) is 4.79 Å². The van der Waals surface area contributed by atoms with Gasteiger partial charge < -0.3 is 15.2 Å². The number of aryl methyl sites for hydroxylation is 1. The standard InChI is InChI=1S/C21H19N5O/c1-14-10-21(27)25-18-11-15(8-9-17(14)18)24-19-12-20(23-13-22-19)26(2)16-6-4-3-5-7-16/h3-13H,1-2H3,(H,25,27)(H,22,23,24). The molecule has 6 heteroatoms. The summed E-state index contributed by atoms with van der Waals surface area (Å²) < 4.78 is 0. The van der Waals surface area contributed by atoms with Crippen LogP contribution in [0.3, 0.4) is 0 Å². The van der Waals surface area contributed by atoms with Gasteiger partial charge in [-0.3, -0.25) is 4.79 Å². The number of para-hydroxylation sites is 1. The van der Waals surface area contributed by atoms with Gasteiger partial charge in [-0.25, -0.2) is 9.97 Å². The van der Waals surface area contributed by atoms with E-state index in [1.807, 2.05) is 73.5 Å². The Labute approximate surface area is 156 Å². The van der Waals surface area contributed by atoms with E-state index in [1.165, 1.54) is 6.33 Å². The molecule has 0 aliphatic carbocycles. The van der Waals surface area contributed by atoms with Crippen molar-refractivity contribution in [2.24, 2.45) is 0 Å². The number of benzene rings is 2. The fourth-order valence-corrected chi connectivity index (χ4v) is 3.04. The first kappa shape index (κ1) is 16.8. The monoisotopic (exact) mass is 357 g/mol. The average Bonchev–Trinajstić information content (AvgIpc) is 2.68. The maximum atomic E-state index is 11.7. The van der Waals surface area contributed by atoms with Gasteiger partial charge in [0.05, 0.1) is 5.52 Å². The van der Waals surface area contributed by atoms with E-state index < -0.39 is 0 Å². The number of aromatic nitrogens is 3. The Bertz CT molecular complexity index is 1150. The molecule has 134 valence electrons. The number of nitrogens with one attached hydrogen (secondary N) is 2. The van der Waals surface area contributed by atoms with Crippen molar-refractivity contribution in [3.05, 3.63) is 82.9 Å². The summed E-state index contributed by atoms with van der Waals surface area (Å²) in [5.74, 6) is 1.46. The van der Waals surface area contributed by atoms with Crippen LogP contribution in [0.15, 0.2) is 71.8 Å². The van der Waals surface area contributed by atoms with Crippen LogP contribution in [0, 0.1) is 6.92 Å². The Morgan fingerprint density at radius 1 is 1.00 bits per heavy atom. The third-order valence-electron chi connectivity index (χ3n) is 4.46. The van der Waals surface area contributed by atoms with Crippen LogP contribution in [0.2, 0.25) is 0 Å². The molecule has 0 saturated heterocycles. The molecule has 2 aromatic carbocycles. The fourth-order valence-electron chi connectivity index (χ4n) is 3.04. The van der Waals surface area contributed by atoms with Gasteiger partial charge >= 0.3 is 0 Å². The van der Waals surface area contributed by atoms with E-state index in [2.05, 4.69) is 20.3 Å². The third-order valence-corrected chi connectivity index (χ3v) is 4.46. The van der Waals surface area contributed by atoms with Crippen LogP contribution in [-0.2, 0) is 0 Å². The molecule has 0 amide bonds. The molecule has 0 spiro atoms. The Morgan fingerprint density at radius 2 is 1.81 bits per heavy atom. The molecule has 2 N–H and O–H groups in total. The van der Waals surface area contributed by atoms with E-state index in [4.69, 9.17) is 0 Å². The second-order valence-electron chi connectivity index (χ2n) is 6.36. The quantitative estimate of drug-likeness (QED) is 0.574. The maximum absolute atomic E-state index is 11.7. The molecule has 0 radical (unpaired) electrons. The number of nitrogens with zero attached hydrogens (tertiary/aromatic N) is 3. The highest BCUT2D eigenvalue weighted by Gasteiger charge is 2.07. The number of anilines is 4. The van der Waals surface area contributed by atoms with E-state index in [-0.39, 0.29) is 5.56 Å². The minimum Gasteiger partial charge on any atom is -0.340 e. The number of hydrogen-bond acceptors (Lipinski definition) is 5. The number of fused-ring (bicyclic) bond motifs is 1. The number of H-pyrrole nitrogens is 1. The van der Waals surface area contributed by atoms with Gasteiger partial charge in [0.1, 0.15) is 18.0 Å². The van der Waals surface area contributed by atoms with Crippen LogP contribution in [0.5, 0.6) is 0 Å². The summed E-state index contributed by atoms with van der Waals surface area (Å²) in [5.41, 5.74) is 3.53. The zero-order valence-corrected chi connectivity index (χ0v) is 15.1. The summed E-state index contributed by atoms with van der Waals surface area (Å²) in [7, 11) is 1.96. The Balaban J connectivity index is 1.63. The number of hydrogen-bond donors (Lipinski definition) is 2. The van der Waals surface area contributed by atoms with Crippen molar-refractivity contribution in [3.8, 4) is 0 Å².